The van der Waals surface area contributed by atoms with Crippen LogP contribution in [0.2, 0.25) is 0 Å². The van der Waals surface area contributed by atoms with Crippen molar-refractivity contribution in [2.75, 3.05) is 6.61 Å². The maximum atomic E-state index is 11.3. The van der Waals surface area contributed by atoms with Crippen molar-refractivity contribution in [2.24, 2.45) is 0 Å². The quantitative estimate of drug-likeness (QED) is 0.215. The molecule has 0 bridgehead atoms. The summed E-state index contributed by atoms with van der Waals surface area (Å²) in [6.45, 7) is 2.00. The largest absolute Gasteiger partial charge is 1.00 e. The van der Waals surface area contributed by atoms with E-state index in [1.54, 1.807) is 0 Å². The molecule has 0 heterocycles. The number of unbranched alkanes of at least 4 members (excludes halogenated alkanes) is 4. The van der Waals surface area contributed by atoms with Crippen LogP contribution in [0.15, 0.2) is 0 Å². The molecule has 0 radical (unpaired) electrons. The molecule has 0 N–H and O–H groups in total. The molecule has 18 heavy (non-hydrogen) atoms. The van der Waals surface area contributed by atoms with E-state index in [4.69, 9.17) is 0 Å². The zero-order chi connectivity index (χ0) is 13.1. The monoisotopic (exact) mass is 288 g/mol. The predicted molar refractivity (Wildman–Crippen MR) is 63.3 cm³/mol. The molecule has 0 aromatic carbocycles. The summed E-state index contributed by atoms with van der Waals surface area (Å²) in [7, 11) is -4.56. The van der Waals surface area contributed by atoms with E-state index >= 15 is 0 Å². The van der Waals surface area contributed by atoms with Crippen LogP contribution in [0.1, 0.15) is 58.3 Å². The molecule has 0 atom stereocenters. The number of carbonyl (C=O) groups is 1. The zero-order valence-electron chi connectivity index (χ0n) is 11.3. The second-order valence-corrected chi connectivity index (χ2v) is 5.09. The Morgan fingerprint density at radius 1 is 1.06 bits per heavy atom. The van der Waals surface area contributed by atoms with Crippen LogP contribution in [0.3, 0.4) is 0 Å². The van der Waals surface area contributed by atoms with Gasteiger partial charge in [-0.2, -0.15) is 0 Å². The number of carbonyl (C=O) groups excluding carboxylic acids is 1. The molecule has 5 nitrogen and oxygen atoms in total. The van der Waals surface area contributed by atoms with Crippen molar-refractivity contribution in [3.05, 3.63) is 0 Å². The van der Waals surface area contributed by atoms with Crippen LogP contribution in [0.25, 0.3) is 0 Å². The van der Waals surface area contributed by atoms with Crippen molar-refractivity contribution >= 4 is 16.2 Å². The molecule has 0 amide bonds. The summed E-state index contributed by atoms with van der Waals surface area (Å²) < 4.78 is 34.3. The number of hydrogen-bond acceptors (Lipinski definition) is 5. The molecule has 0 saturated carbocycles. The minimum absolute atomic E-state index is 0. The molecule has 0 spiro atoms. The Kier molecular flexibility index (Phi) is 14.6. The molecular weight excluding hydrogens is 267 g/mol. The van der Waals surface area contributed by atoms with E-state index in [0.29, 0.717) is 25.7 Å². The maximum absolute atomic E-state index is 11.3. The van der Waals surface area contributed by atoms with Gasteiger partial charge in [0.15, 0.2) is 0 Å². The Morgan fingerprint density at radius 3 is 2.11 bits per heavy atom. The Hall–Kier alpha value is 0.540. The fraction of sp³-hybridized carbons (Fsp3) is 0.909. The first-order chi connectivity index (χ1) is 7.95. The summed E-state index contributed by atoms with van der Waals surface area (Å²) in [5.41, 5.74) is 0. The number of Topliss-reactive ketones (excluding diaryl/α,β-unsaturated/α-hetero) is 1. The average Bonchev–Trinajstić information content (AvgIpc) is 2.22. The number of ketones is 1. The van der Waals surface area contributed by atoms with E-state index in [1.807, 2.05) is 0 Å². The van der Waals surface area contributed by atoms with Crippen molar-refractivity contribution in [1.29, 1.82) is 0 Å². The molecule has 0 fully saturated rings. The molecule has 0 unspecified atom stereocenters. The number of rotatable bonds is 11. The first kappa shape index (κ1) is 20.8. The van der Waals surface area contributed by atoms with Gasteiger partial charge < -0.3 is 4.55 Å². The Bertz CT molecular complexity index is 303. The Labute approximate surface area is 132 Å². The van der Waals surface area contributed by atoms with E-state index in [1.165, 1.54) is 0 Å². The zero-order valence-corrected chi connectivity index (χ0v) is 14.1. The smallest absolute Gasteiger partial charge is 0.726 e. The third-order valence-corrected chi connectivity index (χ3v) is 2.84. The van der Waals surface area contributed by atoms with Gasteiger partial charge in [-0.25, -0.2) is 8.42 Å². The van der Waals surface area contributed by atoms with Gasteiger partial charge in [-0.1, -0.05) is 26.2 Å². The molecule has 0 rings (SSSR count). The molecule has 0 aliphatic heterocycles. The van der Waals surface area contributed by atoms with Gasteiger partial charge in [0.2, 0.25) is 10.4 Å². The third kappa shape index (κ3) is 16.5. The van der Waals surface area contributed by atoms with Crippen LogP contribution in [0.4, 0.5) is 0 Å². The fourth-order valence-corrected chi connectivity index (χ4v) is 1.78. The van der Waals surface area contributed by atoms with Gasteiger partial charge in [-0.05, 0) is 19.3 Å². The normalized spacial score (nSPS) is 11.0. The van der Waals surface area contributed by atoms with Crippen LogP contribution in [0, 0.1) is 0 Å². The maximum Gasteiger partial charge on any atom is 1.00 e. The van der Waals surface area contributed by atoms with Crippen molar-refractivity contribution in [1.82, 2.24) is 0 Å². The summed E-state index contributed by atoms with van der Waals surface area (Å²) in [5.74, 6) is 0.260. The summed E-state index contributed by atoms with van der Waals surface area (Å²) in [6.07, 6.45) is 6.24. The molecule has 102 valence electrons. The molecule has 7 heteroatoms. The molecule has 0 aromatic heterocycles. The van der Waals surface area contributed by atoms with Crippen LogP contribution < -0.4 is 29.6 Å². The van der Waals surface area contributed by atoms with Crippen LogP contribution >= 0.6 is 0 Å². The standard InChI is InChI=1S/C11H22O5S.Na/c1-2-3-5-8-11(12)9-6-4-7-10-16-17(13,14)15;/h2-10H2,1H3,(H,13,14,15);/q;+1/p-1. The van der Waals surface area contributed by atoms with E-state index in [2.05, 4.69) is 11.1 Å². The van der Waals surface area contributed by atoms with Gasteiger partial charge in [0.05, 0.1) is 6.61 Å². The topological polar surface area (TPSA) is 83.5 Å². The summed E-state index contributed by atoms with van der Waals surface area (Å²) in [6, 6.07) is 0. The Balaban J connectivity index is 0. The minimum Gasteiger partial charge on any atom is -0.726 e. The van der Waals surface area contributed by atoms with Gasteiger partial charge in [-0.15, -0.1) is 0 Å². The first-order valence-corrected chi connectivity index (χ1v) is 7.41. The summed E-state index contributed by atoms with van der Waals surface area (Å²) in [4.78, 5) is 11.3. The summed E-state index contributed by atoms with van der Waals surface area (Å²) >= 11 is 0. The van der Waals surface area contributed by atoms with Gasteiger partial charge in [0.25, 0.3) is 0 Å². The number of hydrogen-bond donors (Lipinski definition) is 0. The summed E-state index contributed by atoms with van der Waals surface area (Å²) in [5, 5.41) is 0. The van der Waals surface area contributed by atoms with Crippen LogP contribution in [-0.2, 0) is 19.4 Å². The Morgan fingerprint density at radius 2 is 1.61 bits per heavy atom. The molecule has 0 saturated heterocycles. The molecule has 0 aliphatic carbocycles. The van der Waals surface area contributed by atoms with Crippen LogP contribution in [-0.4, -0.2) is 25.4 Å². The molecular formula is C11H21NaO5S. The van der Waals surface area contributed by atoms with Crippen molar-refractivity contribution in [3.8, 4) is 0 Å². The third-order valence-electron chi connectivity index (χ3n) is 2.39. The van der Waals surface area contributed by atoms with E-state index < -0.39 is 10.4 Å². The molecule has 0 aliphatic rings. The average molecular weight is 288 g/mol. The minimum atomic E-state index is -4.56. The van der Waals surface area contributed by atoms with E-state index in [-0.39, 0.29) is 41.9 Å². The van der Waals surface area contributed by atoms with Gasteiger partial charge in [-0.3, -0.25) is 8.98 Å². The van der Waals surface area contributed by atoms with Crippen molar-refractivity contribution in [2.45, 2.75) is 58.3 Å². The second-order valence-electron chi connectivity index (χ2n) is 4.04. The SMILES string of the molecule is CCCCCC(=O)CCCCCOS(=O)(=O)[O-].[Na+]. The van der Waals surface area contributed by atoms with Gasteiger partial charge >= 0.3 is 29.6 Å². The van der Waals surface area contributed by atoms with E-state index in [9.17, 15) is 17.8 Å². The van der Waals surface area contributed by atoms with E-state index in [0.717, 1.165) is 25.7 Å². The van der Waals surface area contributed by atoms with Crippen molar-refractivity contribution < 1.29 is 51.5 Å². The van der Waals surface area contributed by atoms with Crippen molar-refractivity contribution in [3.63, 3.8) is 0 Å². The second kappa shape index (κ2) is 12.6. The first-order valence-electron chi connectivity index (χ1n) is 6.07. The fourth-order valence-electron chi connectivity index (χ4n) is 1.46. The molecule has 0 aromatic rings. The van der Waals surface area contributed by atoms with Gasteiger partial charge in [0, 0.05) is 12.8 Å². The van der Waals surface area contributed by atoms with Crippen LogP contribution in [0.5, 0.6) is 0 Å². The predicted octanol–water partition coefficient (Wildman–Crippen LogP) is -0.823. The van der Waals surface area contributed by atoms with Gasteiger partial charge in [0.1, 0.15) is 5.78 Å².